The zero-order valence-electron chi connectivity index (χ0n) is 18.9. The van der Waals surface area contributed by atoms with Gasteiger partial charge in [-0.2, -0.15) is 0 Å². The van der Waals surface area contributed by atoms with Crippen molar-refractivity contribution in [3.05, 3.63) is 29.3 Å². The van der Waals surface area contributed by atoms with Gasteiger partial charge in [0.25, 0.3) is 0 Å². The fourth-order valence-electron chi connectivity index (χ4n) is 3.12. The standard InChI is InChI=1S/C24H40O3.ClH/c1-8-11-12-13-14-21(22(25)26)27-20-16-15-18(23(4,5)9-2)17-19(20)24(6,7)10-3;/h15-17,21H,8-14H2,1-7H3,(H,25,26);1H. The maximum absolute atomic E-state index is 11.7. The van der Waals surface area contributed by atoms with Gasteiger partial charge in [0, 0.05) is 5.56 Å². The minimum atomic E-state index is -0.871. The van der Waals surface area contributed by atoms with E-state index in [-0.39, 0.29) is 23.2 Å². The molecule has 3 nitrogen and oxygen atoms in total. The Hall–Kier alpha value is -1.22. The molecular formula is C24H41ClO3. The summed E-state index contributed by atoms with van der Waals surface area (Å²) in [5.41, 5.74) is 2.41. The lowest BCUT2D eigenvalue weighted by Gasteiger charge is -2.31. The summed E-state index contributed by atoms with van der Waals surface area (Å²) >= 11 is 0. The van der Waals surface area contributed by atoms with E-state index in [9.17, 15) is 9.90 Å². The van der Waals surface area contributed by atoms with Crippen LogP contribution in [0.15, 0.2) is 18.2 Å². The van der Waals surface area contributed by atoms with Crippen LogP contribution in [0.1, 0.15) is 105 Å². The van der Waals surface area contributed by atoms with E-state index in [0.717, 1.165) is 49.8 Å². The number of ether oxygens (including phenoxy) is 1. The van der Waals surface area contributed by atoms with Crippen molar-refractivity contribution in [1.29, 1.82) is 0 Å². The van der Waals surface area contributed by atoms with Crippen molar-refractivity contribution in [1.82, 2.24) is 0 Å². The van der Waals surface area contributed by atoms with E-state index in [1.54, 1.807) is 0 Å². The Morgan fingerprint density at radius 1 is 1.00 bits per heavy atom. The van der Waals surface area contributed by atoms with Gasteiger partial charge in [0.2, 0.25) is 0 Å². The predicted octanol–water partition coefficient (Wildman–Crippen LogP) is 7.29. The average molecular weight is 413 g/mol. The molecule has 0 saturated carbocycles. The molecule has 0 aliphatic heterocycles. The second kappa shape index (κ2) is 11.7. The highest BCUT2D eigenvalue weighted by molar-refractivity contribution is 5.85. The Morgan fingerprint density at radius 2 is 1.61 bits per heavy atom. The third-order valence-corrected chi connectivity index (χ3v) is 6.12. The van der Waals surface area contributed by atoms with Crippen LogP contribution in [-0.2, 0) is 15.6 Å². The molecule has 1 atom stereocenters. The summed E-state index contributed by atoms with van der Waals surface area (Å²) in [4.78, 5) is 11.7. The highest BCUT2D eigenvalue weighted by Crippen LogP contribution is 2.39. The molecule has 1 unspecified atom stereocenters. The maximum Gasteiger partial charge on any atom is 0.344 e. The molecule has 0 bridgehead atoms. The summed E-state index contributed by atoms with van der Waals surface area (Å²) in [5, 5.41) is 9.64. The van der Waals surface area contributed by atoms with E-state index in [1.807, 2.05) is 6.07 Å². The van der Waals surface area contributed by atoms with Crippen molar-refractivity contribution in [2.24, 2.45) is 0 Å². The van der Waals surface area contributed by atoms with Crippen molar-refractivity contribution < 1.29 is 14.6 Å². The fraction of sp³-hybridized carbons (Fsp3) is 0.708. The molecule has 0 fully saturated rings. The Morgan fingerprint density at radius 3 is 2.11 bits per heavy atom. The number of unbranched alkanes of at least 4 members (excludes halogenated alkanes) is 3. The number of carboxylic acid groups (broad SMARTS) is 1. The van der Waals surface area contributed by atoms with Crippen LogP contribution in [0, 0.1) is 0 Å². The third kappa shape index (κ3) is 7.31. The van der Waals surface area contributed by atoms with Crippen LogP contribution in [-0.4, -0.2) is 17.2 Å². The number of carboxylic acids is 1. The van der Waals surface area contributed by atoms with Crippen LogP contribution < -0.4 is 4.74 Å². The number of rotatable bonds is 12. The molecule has 0 heterocycles. The van der Waals surface area contributed by atoms with E-state index >= 15 is 0 Å². The van der Waals surface area contributed by atoms with Gasteiger partial charge in [0.05, 0.1) is 0 Å². The topological polar surface area (TPSA) is 46.5 Å². The van der Waals surface area contributed by atoms with Gasteiger partial charge in [0.15, 0.2) is 6.10 Å². The molecule has 1 N–H and O–H groups in total. The third-order valence-electron chi connectivity index (χ3n) is 6.12. The monoisotopic (exact) mass is 412 g/mol. The molecule has 4 heteroatoms. The summed E-state index contributed by atoms with van der Waals surface area (Å²) < 4.78 is 6.08. The van der Waals surface area contributed by atoms with Crippen molar-refractivity contribution in [2.45, 2.75) is 110 Å². The summed E-state index contributed by atoms with van der Waals surface area (Å²) in [5.74, 6) is -0.148. The van der Waals surface area contributed by atoms with E-state index in [2.05, 4.69) is 60.6 Å². The maximum atomic E-state index is 11.7. The zero-order chi connectivity index (χ0) is 20.7. The highest BCUT2D eigenvalue weighted by Gasteiger charge is 2.29. The predicted molar refractivity (Wildman–Crippen MR) is 121 cm³/mol. The largest absolute Gasteiger partial charge is 0.479 e. The first kappa shape index (κ1) is 26.8. The van der Waals surface area contributed by atoms with Gasteiger partial charge in [-0.3, -0.25) is 0 Å². The molecule has 1 rings (SSSR count). The highest BCUT2D eigenvalue weighted by atomic mass is 35.5. The van der Waals surface area contributed by atoms with Gasteiger partial charge in [0.1, 0.15) is 5.75 Å². The van der Waals surface area contributed by atoms with Crippen LogP contribution in [0.5, 0.6) is 5.75 Å². The number of benzene rings is 1. The van der Waals surface area contributed by atoms with Gasteiger partial charge in [-0.25, -0.2) is 4.79 Å². The molecule has 0 aromatic heterocycles. The Bertz CT molecular complexity index is 608. The quantitative estimate of drug-likeness (QED) is 0.366. The van der Waals surface area contributed by atoms with E-state index in [0.29, 0.717) is 6.42 Å². The van der Waals surface area contributed by atoms with Crippen LogP contribution in [0.25, 0.3) is 0 Å². The number of aliphatic carboxylic acids is 1. The molecule has 1 aromatic rings. The number of hydrogen-bond donors (Lipinski definition) is 1. The lowest BCUT2D eigenvalue weighted by atomic mass is 9.76. The van der Waals surface area contributed by atoms with Gasteiger partial charge in [-0.05, 0) is 48.1 Å². The molecule has 0 saturated heterocycles. The molecular weight excluding hydrogens is 372 g/mol. The summed E-state index contributed by atoms with van der Waals surface area (Å²) in [6, 6.07) is 6.32. The molecule has 0 aliphatic carbocycles. The number of hydrogen-bond acceptors (Lipinski definition) is 2. The molecule has 28 heavy (non-hydrogen) atoms. The summed E-state index contributed by atoms with van der Waals surface area (Å²) in [6.07, 6.45) is 6.02. The Balaban J connectivity index is 0.00000729. The first-order valence-corrected chi connectivity index (χ1v) is 10.6. The molecule has 1 aromatic carbocycles. The molecule has 0 amide bonds. The van der Waals surface area contributed by atoms with Gasteiger partial charge in [-0.1, -0.05) is 79.9 Å². The van der Waals surface area contributed by atoms with Gasteiger partial charge in [-0.15, -0.1) is 12.4 Å². The van der Waals surface area contributed by atoms with Crippen molar-refractivity contribution in [2.75, 3.05) is 0 Å². The smallest absolute Gasteiger partial charge is 0.344 e. The average Bonchev–Trinajstić information content (AvgIpc) is 2.63. The van der Waals surface area contributed by atoms with Crippen molar-refractivity contribution in [3.63, 3.8) is 0 Å². The lowest BCUT2D eigenvalue weighted by Crippen LogP contribution is -2.29. The first-order chi connectivity index (χ1) is 12.6. The van der Waals surface area contributed by atoms with E-state index in [1.165, 1.54) is 5.56 Å². The molecule has 0 radical (unpaired) electrons. The van der Waals surface area contributed by atoms with Gasteiger partial charge < -0.3 is 9.84 Å². The van der Waals surface area contributed by atoms with Crippen LogP contribution >= 0.6 is 12.4 Å². The zero-order valence-corrected chi connectivity index (χ0v) is 19.7. The first-order valence-electron chi connectivity index (χ1n) is 10.6. The van der Waals surface area contributed by atoms with Crippen LogP contribution in [0.4, 0.5) is 0 Å². The molecule has 0 spiro atoms. The summed E-state index contributed by atoms with van der Waals surface area (Å²) in [7, 11) is 0. The number of carbonyl (C=O) groups is 1. The second-order valence-electron chi connectivity index (χ2n) is 8.98. The minimum Gasteiger partial charge on any atom is -0.479 e. The Labute approximate surface area is 178 Å². The van der Waals surface area contributed by atoms with Crippen LogP contribution in [0.3, 0.4) is 0 Å². The van der Waals surface area contributed by atoms with E-state index < -0.39 is 12.1 Å². The van der Waals surface area contributed by atoms with Crippen molar-refractivity contribution in [3.8, 4) is 5.75 Å². The Kier molecular flexibility index (Phi) is 11.2. The van der Waals surface area contributed by atoms with Crippen LogP contribution in [0.2, 0.25) is 0 Å². The normalized spacial score (nSPS) is 13.0. The van der Waals surface area contributed by atoms with E-state index in [4.69, 9.17) is 4.74 Å². The fourth-order valence-corrected chi connectivity index (χ4v) is 3.12. The second-order valence-corrected chi connectivity index (χ2v) is 8.98. The van der Waals surface area contributed by atoms with Crippen molar-refractivity contribution >= 4 is 18.4 Å². The van der Waals surface area contributed by atoms with Gasteiger partial charge >= 0.3 is 5.97 Å². The molecule has 0 aliphatic rings. The minimum absolute atomic E-state index is 0. The number of halogens is 1. The SMILES string of the molecule is CCCCCCC(Oc1ccc(C(C)(C)CC)cc1C(C)(C)CC)C(=O)O.Cl. The summed E-state index contributed by atoms with van der Waals surface area (Å²) in [6.45, 7) is 15.4. The molecule has 162 valence electrons. The lowest BCUT2D eigenvalue weighted by molar-refractivity contribution is -0.145.